The lowest BCUT2D eigenvalue weighted by Crippen LogP contribution is -2.24. The maximum atomic E-state index is 14.6. The molecular weight excluding hydrogens is 489 g/mol. The van der Waals surface area contributed by atoms with E-state index in [1.165, 1.54) is 30.9 Å². The number of alkyl halides is 3. The molecule has 0 fully saturated rings. The van der Waals surface area contributed by atoms with Gasteiger partial charge in [-0.25, -0.2) is 13.8 Å². The first-order valence-electron chi connectivity index (χ1n) is 10.6. The molecule has 7 nitrogen and oxygen atoms in total. The summed E-state index contributed by atoms with van der Waals surface area (Å²) in [6, 6.07) is 4.08. The third-order valence-corrected chi connectivity index (χ3v) is 5.22. The van der Waals surface area contributed by atoms with Crippen LogP contribution in [0, 0.1) is 17.6 Å². The third-order valence-electron chi connectivity index (χ3n) is 5.22. The number of aromatic hydroxyl groups is 1. The number of hydrogen-bond acceptors (Lipinski definition) is 5. The maximum absolute atomic E-state index is 14.6. The van der Waals surface area contributed by atoms with Gasteiger partial charge in [-0.05, 0) is 12.1 Å². The highest BCUT2D eigenvalue weighted by Gasteiger charge is 2.40. The first kappa shape index (κ1) is 26.6. The van der Waals surface area contributed by atoms with E-state index in [1.807, 2.05) is 0 Å². The minimum absolute atomic E-state index is 0.0771. The molecule has 0 unspecified atom stereocenters. The van der Waals surface area contributed by atoms with Gasteiger partial charge in [-0.15, -0.1) is 0 Å². The fourth-order valence-corrected chi connectivity index (χ4v) is 3.31. The zero-order valence-electron chi connectivity index (χ0n) is 19.4. The van der Waals surface area contributed by atoms with E-state index in [0.717, 1.165) is 24.3 Å². The molecular formula is C24H22F5N3O4. The molecule has 0 aliphatic heterocycles. The van der Waals surface area contributed by atoms with E-state index in [2.05, 4.69) is 10.3 Å². The van der Waals surface area contributed by atoms with Crippen molar-refractivity contribution in [1.82, 2.24) is 14.9 Å². The Balaban J connectivity index is 1.79. The first-order chi connectivity index (χ1) is 16.8. The summed E-state index contributed by atoms with van der Waals surface area (Å²) in [7, 11) is 1.65. The van der Waals surface area contributed by atoms with Crippen LogP contribution in [0.4, 0.5) is 22.0 Å². The second-order valence-corrected chi connectivity index (χ2v) is 8.26. The van der Waals surface area contributed by atoms with Crippen LogP contribution < -0.4 is 10.1 Å². The molecule has 0 atom stereocenters. The quantitative estimate of drug-likeness (QED) is 0.336. The van der Waals surface area contributed by atoms with Crippen molar-refractivity contribution in [3.63, 3.8) is 0 Å². The zero-order chi connectivity index (χ0) is 26.8. The lowest BCUT2D eigenvalue weighted by molar-refractivity contribution is -0.140. The van der Waals surface area contributed by atoms with E-state index in [-0.39, 0.29) is 17.8 Å². The molecule has 1 aromatic heterocycles. The van der Waals surface area contributed by atoms with Crippen LogP contribution in [0.2, 0.25) is 0 Å². The van der Waals surface area contributed by atoms with Gasteiger partial charge in [0.2, 0.25) is 0 Å². The number of hydrogen-bond donors (Lipinski definition) is 2. The van der Waals surface area contributed by atoms with Gasteiger partial charge in [-0.3, -0.25) is 9.59 Å². The first-order valence-corrected chi connectivity index (χ1v) is 10.6. The largest absolute Gasteiger partial charge is 0.506 e. The fourth-order valence-electron chi connectivity index (χ4n) is 3.31. The summed E-state index contributed by atoms with van der Waals surface area (Å²) < 4.78 is 76.6. The van der Waals surface area contributed by atoms with Crippen molar-refractivity contribution in [3.05, 3.63) is 76.4 Å². The van der Waals surface area contributed by atoms with Gasteiger partial charge in [0, 0.05) is 36.8 Å². The normalized spacial score (nSPS) is 11.6. The highest BCUT2D eigenvalue weighted by atomic mass is 19.4. The average Bonchev–Trinajstić information content (AvgIpc) is 3.24. The summed E-state index contributed by atoms with van der Waals surface area (Å²) in [4.78, 5) is 28.0. The summed E-state index contributed by atoms with van der Waals surface area (Å²) in [5.74, 6) is -6.83. The number of phenolic OH excluding ortho intramolecular Hbond substituents is 1. The number of carbonyl (C=O) groups is 2. The van der Waals surface area contributed by atoms with Crippen LogP contribution >= 0.6 is 0 Å². The molecule has 1 amide bonds. The van der Waals surface area contributed by atoms with Crippen LogP contribution in [-0.4, -0.2) is 26.3 Å². The molecule has 0 spiro atoms. The van der Waals surface area contributed by atoms with Crippen molar-refractivity contribution in [3.8, 4) is 11.5 Å². The van der Waals surface area contributed by atoms with Gasteiger partial charge in [-0.2, -0.15) is 13.2 Å². The van der Waals surface area contributed by atoms with Gasteiger partial charge < -0.3 is 19.7 Å². The number of phenols is 1. The number of halogens is 5. The summed E-state index contributed by atoms with van der Waals surface area (Å²) in [5.41, 5.74) is -2.65. The van der Waals surface area contributed by atoms with Crippen LogP contribution in [0.1, 0.15) is 51.4 Å². The van der Waals surface area contributed by atoms with E-state index in [1.54, 1.807) is 7.05 Å². The Morgan fingerprint density at radius 2 is 1.75 bits per heavy atom. The molecule has 0 saturated carbocycles. The smallest absolute Gasteiger partial charge is 0.423 e. The number of Topliss-reactive ketones (excluding diaryl/α,β-unsaturated/α-hetero) is 1. The Hall–Kier alpha value is -3.96. The number of aromatic nitrogens is 2. The summed E-state index contributed by atoms with van der Waals surface area (Å²) in [6.07, 6.45) is -2.26. The number of imidazole rings is 1. The van der Waals surface area contributed by atoms with Gasteiger partial charge in [-0.1, -0.05) is 26.0 Å². The van der Waals surface area contributed by atoms with Crippen molar-refractivity contribution >= 4 is 11.7 Å². The molecule has 0 bridgehead atoms. The third kappa shape index (κ3) is 5.64. The predicted octanol–water partition coefficient (Wildman–Crippen LogP) is 4.77. The minimum atomic E-state index is -5.09. The molecule has 3 aromatic rings. The molecule has 0 aliphatic carbocycles. The number of nitrogens with zero attached hydrogens (tertiary/aromatic N) is 2. The predicted molar refractivity (Wildman–Crippen MR) is 117 cm³/mol. The second-order valence-electron chi connectivity index (χ2n) is 8.26. The summed E-state index contributed by atoms with van der Waals surface area (Å²) >= 11 is 0. The van der Waals surface area contributed by atoms with Gasteiger partial charge in [0.15, 0.2) is 17.4 Å². The number of amides is 1. The van der Waals surface area contributed by atoms with Crippen LogP contribution in [0.25, 0.3) is 0 Å². The number of ether oxygens (including phenoxy) is 1. The van der Waals surface area contributed by atoms with Gasteiger partial charge in [0.25, 0.3) is 5.91 Å². The van der Waals surface area contributed by atoms with Gasteiger partial charge in [0.1, 0.15) is 29.4 Å². The van der Waals surface area contributed by atoms with E-state index in [4.69, 9.17) is 4.74 Å². The molecule has 0 radical (unpaired) electrons. The Morgan fingerprint density at radius 3 is 2.33 bits per heavy atom. The molecule has 2 N–H and O–H groups in total. The molecule has 0 aliphatic rings. The van der Waals surface area contributed by atoms with Gasteiger partial charge in [0.05, 0.1) is 11.9 Å². The zero-order valence-corrected chi connectivity index (χ0v) is 19.4. The molecule has 2 aromatic carbocycles. The van der Waals surface area contributed by atoms with Crippen LogP contribution in [0.3, 0.4) is 0 Å². The number of benzene rings is 2. The number of nitrogens with one attached hydrogen (secondary N) is 1. The lowest BCUT2D eigenvalue weighted by Gasteiger charge is -2.18. The van der Waals surface area contributed by atoms with Gasteiger partial charge >= 0.3 is 6.18 Å². The monoisotopic (exact) mass is 511 g/mol. The van der Waals surface area contributed by atoms with E-state index in [9.17, 15) is 36.6 Å². The topological polar surface area (TPSA) is 93.5 Å². The van der Waals surface area contributed by atoms with Crippen LogP contribution in [0.5, 0.6) is 11.5 Å². The number of carbonyl (C=O) groups excluding carboxylic acids is 2. The molecule has 192 valence electrons. The Morgan fingerprint density at radius 1 is 1.11 bits per heavy atom. The highest BCUT2D eigenvalue weighted by molar-refractivity contribution is 6.00. The van der Waals surface area contributed by atoms with E-state index in [0.29, 0.717) is 0 Å². The number of aryl methyl sites for hydroxylation is 1. The molecule has 1 heterocycles. The minimum Gasteiger partial charge on any atom is -0.506 e. The highest BCUT2D eigenvalue weighted by Crippen LogP contribution is 2.44. The summed E-state index contributed by atoms with van der Waals surface area (Å²) in [5, 5.41) is 12.5. The molecule has 12 heteroatoms. The van der Waals surface area contributed by atoms with Crippen molar-refractivity contribution in [2.45, 2.75) is 33.2 Å². The number of rotatable bonds is 8. The van der Waals surface area contributed by atoms with E-state index < -0.39 is 70.2 Å². The maximum Gasteiger partial charge on any atom is 0.423 e. The molecule has 3 rings (SSSR count). The number of ketones is 1. The van der Waals surface area contributed by atoms with Crippen molar-refractivity contribution < 1.29 is 41.4 Å². The fraction of sp³-hybridized carbons (Fsp3) is 0.292. The average molecular weight is 511 g/mol. The molecule has 0 saturated heterocycles. The van der Waals surface area contributed by atoms with Crippen molar-refractivity contribution in [2.24, 2.45) is 13.0 Å². The summed E-state index contributed by atoms with van der Waals surface area (Å²) in [6.45, 7) is 1.76. The SMILES string of the molecule is CC(C)C(=O)c1ccc(OCc2ccc(CNC(=O)c3cn(C)cn3)c(F)c2F)c(C(F)(F)F)c1O. The second kappa shape index (κ2) is 10.3. The lowest BCUT2D eigenvalue weighted by atomic mass is 9.97. The standard InChI is InChI=1S/C24H22F5N3O4/c1-12(2)21(33)15-6-7-17(18(22(15)34)24(27,28)29)36-10-14-5-4-13(19(25)20(14)26)8-30-23(35)16-9-32(3)11-31-16/h4-7,9,11-12,34H,8,10H2,1-3H3,(H,30,35). The van der Waals surface area contributed by atoms with E-state index >= 15 is 0 Å². The van der Waals surface area contributed by atoms with Crippen molar-refractivity contribution in [2.75, 3.05) is 0 Å². The Bertz CT molecular complexity index is 1300. The van der Waals surface area contributed by atoms with Crippen LogP contribution in [-0.2, 0) is 26.4 Å². The van der Waals surface area contributed by atoms with Crippen molar-refractivity contribution in [1.29, 1.82) is 0 Å². The van der Waals surface area contributed by atoms with Crippen LogP contribution in [0.15, 0.2) is 36.8 Å². The molecule has 36 heavy (non-hydrogen) atoms. The Kier molecular flexibility index (Phi) is 7.65. The Labute approximate surface area is 202 Å².